The van der Waals surface area contributed by atoms with Crippen molar-refractivity contribution in [3.8, 4) is 5.75 Å². The molecule has 1 fully saturated rings. The van der Waals surface area contributed by atoms with Gasteiger partial charge in [-0.1, -0.05) is 0 Å². The van der Waals surface area contributed by atoms with E-state index in [1.807, 2.05) is 7.05 Å². The lowest BCUT2D eigenvalue weighted by Crippen LogP contribution is -2.48. The van der Waals surface area contributed by atoms with Crippen LogP contribution in [0.25, 0.3) is 0 Å². The Morgan fingerprint density at radius 1 is 1.47 bits per heavy atom. The molecule has 0 bridgehead atoms. The summed E-state index contributed by atoms with van der Waals surface area (Å²) in [6, 6.07) is 1.95. The number of nitrogens with zero attached hydrogens (tertiary/aromatic N) is 2. The monoisotopic (exact) mass is 242 g/mol. The number of rotatable bonds is 5. The van der Waals surface area contributed by atoms with Crippen LogP contribution in [0.5, 0.6) is 5.75 Å². The fourth-order valence-electron chi connectivity index (χ4n) is 1.80. The molecule has 17 heavy (non-hydrogen) atoms. The molecule has 0 N–H and O–H groups in total. The highest BCUT2D eigenvalue weighted by Gasteiger charge is 2.24. The highest BCUT2D eigenvalue weighted by atomic mass is 19.1. The standard InChI is InChI=1S/C12H16F2N2O/c1-16-3-2-10(16)8-17-11-4-9(5-13)12(6-14)15-7-11/h4,7,10H,2-3,5-6,8H2,1H3/t10-/m0/s1. The van der Waals surface area contributed by atoms with Crippen molar-refractivity contribution in [1.29, 1.82) is 0 Å². The lowest BCUT2D eigenvalue weighted by atomic mass is 10.1. The molecular formula is C12H16F2N2O. The molecule has 1 aromatic heterocycles. The van der Waals surface area contributed by atoms with E-state index in [-0.39, 0.29) is 11.3 Å². The predicted octanol–water partition coefficient (Wildman–Crippen LogP) is 2.10. The van der Waals surface area contributed by atoms with E-state index in [2.05, 4.69) is 9.88 Å². The molecular weight excluding hydrogens is 226 g/mol. The van der Waals surface area contributed by atoms with Gasteiger partial charge in [-0.2, -0.15) is 0 Å². The summed E-state index contributed by atoms with van der Waals surface area (Å²) in [5.74, 6) is 0.509. The summed E-state index contributed by atoms with van der Waals surface area (Å²) in [6.45, 7) is 0.194. The Kier molecular flexibility index (Phi) is 3.89. The van der Waals surface area contributed by atoms with Crippen molar-refractivity contribution >= 4 is 0 Å². The second-order valence-electron chi connectivity index (χ2n) is 4.28. The van der Waals surface area contributed by atoms with Gasteiger partial charge in [0, 0.05) is 11.6 Å². The molecule has 94 valence electrons. The van der Waals surface area contributed by atoms with Crippen molar-refractivity contribution < 1.29 is 13.5 Å². The van der Waals surface area contributed by atoms with Gasteiger partial charge in [-0.25, -0.2) is 8.78 Å². The van der Waals surface area contributed by atoms with Crippen LogP contribution in [-0.4, -0.2) is 36.1 Å². The Bertz CT molecular complexity index is 387. The minimum atomic E-state index is -0.745. The van der Waals surface area contributed by atoms with Gasteiger partial charge in [-0.05, 0) is 26.1 Å². The van der Waals surface area contributed by atoms with E-state index in [9.17, 15) is 8.78 Å². The quantitative estimate of drug-likeness (QED) is 0.790. The van der Waals surface area contributed by atoms with Gasteiger partial charge in [0.05, 0.1) is 11.9 Å². The zero-order valence-electron chi connectivity index (χ0n) is 9.83. The van der Waals surface area contributed by atoms with E-state index in [4.69, 9.17) is 4.74 Å². The summed E-state index contributed by atoms with van der Waals surface area (Å²) in [7, 11) is 2.04. The van der Waals surface area contributed by atoms with Crippen molar-refractivity contribution in [2.45, 2.75) is 25.8 Å². The minimum Gasteiger partial charge on any atom is -0.490 e. The fourth-order valence-corrected chi connectivity index (χ4v) is 1.80. The number of halogens is 2. The first-order chi connectivity index (χ1) is 8.24. The number of likely N-dealkylation sites (N-methyl/N-ethyl adjacent to an activating group) is 1. The van der Waals surface area contributed by atoms with Crippen LogP contribution in [0.1, 0.15) is 17.7 Å². The van der Waals surface area contributed by atoms with Crippen LogP contribution in [-0.2, 0) is 13.3 Å². The van der Waals surface area contributed by atoms with Gasteiger partial charge in [-0.3, -0.25) is 9.88 Å². The van der Waals surface area contributed by atoms with E-state index < -0.39 is 13.3 Å². The number of ether oxygens (including phenoxy) is 1. The molecule has 0 amide bonds. The summed E-state index contributed by atoms with van der Waals surface area (Å²) in [5.41, 5.74) is 0.424. The second-order valence-corrected chi connectivity index (χ2v) is 4.28. The first-order valence-corrected chi connectivity index (χ1v) is 5.67. The number of hydrogen-bond acceptors (Lipinski definition) is 3. The lowest BCUT2D eigenvalue weighted by molar-refractivity contribution is 0.0766. The minimum absolute atomic E-state index is 0.153. The first kappa shape index (κ1) is 12.2. The molecule has 3 nitrogen and oxygen atoms in total. The van der Waals surface area contributed by atoms with E-state index in [0.29, 0.717) is 18.4 Å². The molecule has 0 aromatic carbocycles. The molecule has 0 aliphatic carbocycles. The van der Waals surface area contributed by atoms with Crippen molar-refractivity contribution in [2.24, 2.45) is 0 Å². The number of pyridine rings is 1. The average molecular weight is 242 g/mol. The number of alkyl halides is 2. The van der Waals surface area contributed by atoms with Gasteiger partial charge in [0.15, 0.2) is 0 Å². The smallest absolute Gasteiger partial charge is 0.138 e. The van der Waals surface area contributed by atoms with Crippen LogP contribution in [0.3, 0.4) is 0 Å². The van der Waals surface area contributed by atoms with Crippen LogP contribution in [0.15, 0.2) is 12.3 Å². The number of hydrogen-bond donors (Lipinski definition) is 0. The molecule has 0 saturated carbocycles. The Hall–Kier alpha value is -1.23. The molecule has 1 aromatic rings. The molecule has 0 spiro atoms. The fraction of sp³-hybridized carbons (Fsp3) is 0.583. The molecule has 1 aliphatic heterocycles. The Morgan fingerprint density at radius 3 is 2.82 bits per heavy atom. The molecule has 0 unspecified atom stereocenters. The Morgan fingerprint density at radius 2 is 2.29 bits per heavy atom. The number of aromatic nitrogens is 1. The average Bonchev–Trinajstić information content (AvgIpc) is 2.36. The first-order valence-electron chi connectivity index (χ1n) is 5.67. The third kappa shape index (κ3) is 2.72. The zero-order valence-corrected chi connectivity index (χ0v) is 9.83. The molecule has 0 radical (unpaired) electrons. The van der Waals surface area contributed by atoms with Crippen LogP contribution >= 0.6 is 0 Å². The summed E-state index contributed by atoms with van der Waals surface area (Å²) < 4.78 is 30.6. The zero-order chi connectivity index (χ0) is 12.3. The van der Waals surface area contributed by atoms with Gasteiger partial charge < -0.3 is 4.74 Å². The second kappa shape index (κ2) is 5.40. The van der Waals surface area contributed by atoms with Crippen molar-refractivity contribution in [3.05, 3.63) is 23.5 Å². The molecule has 1 aliphatic rings. The van der Waals surface area contributed by atoms with E-state index >= 15 is 0 Å². The molecule has 1 atom stereocenters. The normalized spacial score (nSPS) is 20.1. The highest BCUT2D eigenvalue weighted by Crippen LogP contribution is 2.20. The van der Waals surface area contributed by atoms with Crippen molar-refractivity contribution in [2.75, 3.05) is 20.2 Å². The summed E-state index contributed by atoms with van der Waals surface area (Å²) in [5, 5.41) is 0. The highest BCUT2D eigenvalue weighted by molar-refractivity contribution is 5.28. The van der Waals surface area contributed by atoms with E-state index in [1.165, 1.54) is 12.3 Å². The summed E-state index contributed by atoms with van der Waals surface area (Å²) in [6.07, 6.45) is 2.56. The van der Waals surface area contributed by atoms with E-state index in [1.54, 1.807) is 0 Å². The molecule has 1 saturated heterocycles. The molecule has 2 heterocycles. The van der Waals surface area contributed by atoms with E-state index in [0.717, 1.165) is 13.0 Å². The van der Waals surface area contributed by atoms with Crippen LogP contribution < -0.4 is 4.74 Å². The molecule has 2 rings (SSSR count). The summed E-state index contributed by atoms with van der Waals surface area (Å²) in [4.78, 5) is 6.05. The van der Waals surface area contributed by atoms with Crippen LogP contribution in [0.2, 0.25) is 0 Å². The Balaban J connectivity index is 1.96. The van der Waals surface area contributed by atoms with Crippen LogP contribution in [0, 0.1) is 0 Å². The largest absolute Gasteiger partial charge is 0.490 e. The maximum absolute atomic E-state index is 12.6. The van der Waals surface area contributed by atoms with Crippen LogP contribution in [0.4, 0.5) is 8.78 Å². The lowest BCUT2D eigenvalue weighted by Gasteiger charge is -2.37. The number of likely N-dealkylation sites (tertiary alicyclic amines) is 1. The summed E-state index contributed by atoms with van der Waals surface area (Å²) >= 11 is 0. The van der Waals surface area contributed by atoms with Gasteiger partial charge in [-0.15, -0.1) is 0 Å². The third-order valence-electron chi connectivity index (χ3n) is 3.19. The maximum Gasteiger partial charge on any atom is 0.138 e. The molecule has 5 heteroatoms. The third-order valence-corrected chi connectivity index (χ3v) is 3.19. The van der Waals surface area contributed by atoms with Crippen molar-refractivity contribution in [1.82, 2.24) is 9.88 Å². The van der Waals surface area contributed by atoms with Gasteiger partial charge in [0.25, 0.3) is 0 Å². The predicted molar refractivity (Wildman–Crippen MR) is 60.4 cm³/mol. The van der Waals surface area contributed by atoms with Gasteiger partial charge >= 0.3 is 0 Å². The SMILES string of the molecule is CN1CC[C@H]1COc1cnc(CF)c(CF)c1. The Labute approximate surface area is 99.4 Å². The van der Waals surface area contributed by atoms with Gasteiger partial charge in [0.2, 0.25) is 0 Å². The topological polar surface area (TPSA) is 25.4 Å². The maximum atomic E-state index is 12.6. The van der Waals surface area contributed by atoms with Gasteiger partial charge in [0.1, 0.15) is 25.7 Å². The van der Waals surface area contributed by atoms with Crippen molar-refractivity contribution in [3.63, 3.8) is 0 Å².